The molecule has 2 heterocycles. The molecule has 4 rings (SSSR count). The van der Waals surface area contributed by atoms with Crippen LogP contribution in [0.15, 0.2) is 54.7 Å². The number of fused-ring (bicyclic) bond motifs is 1. The SMILES string of the molecule is Nc1ccc(-n2ccc3c(CC4SC(=O)NC4=O)cccc32)cc1. The Morgan fingerprint density at radius 3 is 2.58 bits per heavy atom. The van der Waals surface area contributed by atoms with E-state index in [-0.39, 0.29) is 16.4 Å². The zero-order valence-corrected chi connectivity index (χ0v) is 13.5. The van der Waals surface area contributed by atoms with Crippen molar-refractivity contribution in [3.63, 3.8) is 0 Å². The van der Waals surface area contributed by atoms with Crippen LogP contribution < -0.4 is 11.1 Å². The second-order valence-corrected chi connectivity index (χ2v) is 6.89. The Morgan fingerprint density at radius 2 is 1.88 bits per heavy atom. The lowest BCUT2D eigenvalue weighted by Gasteiger charge is -2.09. The molecule has 6 heteroatoms. The molecule has 24 heavy (non-hydrogen) atoms. The van der Waals surface area contributed by atoms with Gasteiger partial charge in [-0.05, 0) is 48.4 Å². The average Bonchev–Trinajstić information content (AvgIpc) is 3.12. The Bertz CT molecular complexity index is 947. The molecule has 3 N–H and O–H groups in total. The number of thioether (sulfide) groups is 1. The molecule has 2 amide bonds. The Labute approximate surface area is 142 Å². The van der Waals surface area contributed by atoms with E-state index >= 15 is 0 Å². The Kier molecular flexibility index (Phi) is 3.54. The quantitative estimate of drug-likeness (QED) is 0.720. The number of rotatable bonds is 3. The van der Waals surface area contributed by atoms with E-state index in [1.54, 1.807) is 0 Å². The molecule has 5 nitrogen and oxygen atoms in total. The van der Waals surface area contributed by atoms with Crippen molar-refractivity contribution in [2.75, 3.05) is 5.73 Å². The van der Waals surface area contributed by atoms with E-state index < -0.39 is 0 Å². The summed E-state index contributed by atoms with van der Waals surface area (Å²) in [5, 5.41) is 2.80. The summed E-state index contributed by atoms with van der Waals surface area (Å²) in [4.78, 5) is 23.2. The zero-order valence-electron chi connectivity index (χ0n) is 12.7. The smallest absolute Gasteiger partial charge is 0.286 e. The van der Waals surface area contributed by atoms with Gasteiger partial charge in [-0.25, -0.2) is 0 Å². The summed E-state index contributed by atoms with van der Waals surface area (Å²) in [5.74, 6) is -0.208. The van der Waals surface area contributed by atoms with Crippen molar-refractivity contribution < 1.29 is 9.59 Å². The minimum atomic E-state index is -0.358. The minimum absolute atomic E-state index is 0.208. The van der Waals surface area contributed by atoms with Gasteiger partial charge in [-0.3, -0.25) is 14.9 Å². The molecule has 0 radical (unpaired) electrons. The number of nitrogen functional groups attached to an aromatic ring is 1. The monoisotopic (exact) mass is 337 g/mol. The Hall–Kier alpha value is -2.73. The van der Waals surface area contributed by atoms with Gasteiger partial charge in [0.2, 0.25) is 5.91 Å². The predicted molar refractivity (Wildman–Crippen MR) is 96.3 cm³/mol. The van der Waals surface area contributed by atoms with Gasteiger partial charge in [0.05, 0.1) is 10.8 Å². The maximum atomic E-state index is 11.8. The molecule has 120 valence electrons. The van der Waals surface area contributed by atoms with E-state index in [0.29, 0.717) is 6.42 Å². The molecule has 1 unspecified atom stereocenters. The van der Waals surface area contributed by atoms with Crippen molar-refractivity contribution in [1.29, 1.82) is 0 Å². The fraction of sp³-hybridized carbons (Fsp3) is 0.111. The highest BCUT2D eigenvalue weighted by molar-refractivity contribution is 8.15. The number of nitrogens with zero attached hydrogens (tertiary/aromatic N) is 1. The molecule has 1 aliphatic heterocycles. The number of imide groups is 1. The number of benzene rings is 2. The first-order valence-electron chi connectivity index (χ1n) is 7.58. The van der Waals surface area contributed by atoms with Crippen LogP contribution in [0.25, 0.3) is 16.6 Å². The summed E-state index contributed by atoms with van der Waals surface area (Å²) >= 11 is 1.06. The largest absolute Gasteiger partial charge is 0.399 e. The van der Waals surface area contributed by atoms with Crippen LogP contribution in [0.5, 0.6) is 0 Å². The summed E-state index contributed by atoms with van der Waals surface area (Å²) in [6.45, 7) is 0. The molecule has 3 aromatic rings. The number of carbonyl (C=O) groups excluding carboxylic acids is 2. The van der Waals surface area contributed by atoms with Gasteiger partial charge in [-0.1, -0.05) is 23.9 Å². The van der Waals surface area contributed by atoms with E-state index in [9.17, 15) is 9.59 Å². The highest BCUT2D eigenvalue weighted by Gasteiger charge is 2.31. The van der Waals surface area contributed by atoms with Gasteiger partial charge in [-0.2, -0.15) is 0 Å². The number of anilines is 1. The molecule has 0 spiro atoms. The van der Waals surface area contributed by atoms with Crippen LogP contribution >= 0.6 is 11.8 Å². The molecule has 1 saturated heterocycles. The van der Waals surface area contributed by atoms with Gasteiger partial charge in [0.15, 0.2) is 0 Å². The lowest BCUT2D eigenvalue weighted by molar-refractivity contribution is -0.118. The molecule has 1 fully saturated rings. The van der Waals surface area contributed by atoms with Crippen LogP contribution in [-0.2, 0) is 11.2 Å². The molecule has 0 bridgehead atoms. The van der Waals surface area contributed by atoms with Crippen molar-refractivity contribution in [3.8, 4) is 5.69 Å². The normalized spacial score (nSPS) is 17.4. The first-order chi connectivity index (χ1) is 11.6. The van der Waals surface area contributed by atoms with Crippen molar-refractivity contribution in [2.24, 2.45) is 0 Å². The van der Waals surface area contributed by atoms with E-state index in [1.807, 2.05) is 54.7 Å². The topological polar surface area (TPSA) is 77.1 Å². The highest BCUT2D eigenvalue weighted by Crippen LogP contribution is 2.29. The van der Waals surface area contributed by atoms with E-state index in [1.165, 1.54) is 0 Å². The third-order valence-electron chi connectivity index (χ3n) is 4.17. The lowest BCUT2D eigenvalue weighted by Crippen LogP contribution is -2.25. The summed E-state index contributed by atoms with van der Waals surface area (Å²) in [6, 6.07) is 15.8. The van der Waals surface area contributed by atoms with Crippen LogP contribution in [0.1, 0.15) is 5.56 Å². The highest BCUT2D eigenvalue weighted by atomic mass is 32.2. The van der Waals surface area contributed by atoms with Crippen molar-refractivity contribution in [1.82, 2.24) is 9.88 Å². The maximum absolute atomic E-state index is 11.8. The molecule has 0 saturated carbocycles. The third kappa shape index (κ3) is 2.55. The second-order valence-electron chi connectivity index (χ2n) is 5.71. The van der Waals surface area contributed by atoms with E-state index in [2.05, 4.69) is 9.88 Å². The van der Waals surface area contributed by atoms with Gasteiger partial charge < -0.3 is 10.3 Å². The summed E-state index contributed by atoms with van der Waals surface area (Å²) in [5.41, 5.74) is 9.63. The average molecular weight is 337 g/mol. The van der Waals surface area contributed by atoms with Crippen LogP contribution in [0.3, 0.4) is 0 Å². The summed E-state index contributed by atoms with van der Waals surface area (Å²) in [7, 11) is 0. The van der Waals surface area contributed by atoms with Crippen LogP contribution in [0.2, 0.25) is 0 Å². The molecular weight excluding hydrogens is 322 g/mol. The van der Waals surface area contributed by atoms with Crippen molar-refractivity contribution in [2.45, 2.75) is 11.7 Å². The van der Waals surface area contributed by atoms with Gasteiger partial charge in [0.25, 0.3) is 5.24 Å². The van der Waals surface area contributed by atoms with Crippen molar-refractivity contribution in [3.05, 3.63) is 60.3 Å². The molecule has 2 aromatic carbocycles. The van der Waals surface area contributed by atoms with Gasteiger partial charge in [0, 0.05) is 23.0 Å². The molecular formula is C18H15N3O2S. The first kappa shape index (κ1) is 14.8. The summed E-state index contributed by atoms with van der Waals surface area (Å²) in [6.07, 6.45) is 2.54. The van der Waals surface area contributed by atoms with Crippen LogP contribution in [0, 0.1) is 0 Å². The van der Waals surface area contributed by atoms with Crippen LogP contribution in [-0.4, -0.2) is 21.0 Å². The van der Waals surface area contributed by atoms with Crippen LogP contribution in [0.4, 0.5) is 10.5 Å². The summed E-state index contributed by atoms with van der Waals surface area (Å²) < 4.78 is 2.09. The zero-order chi connectivity index (χ0) is 16.7. The number of aromatic nitrogens is 1. The maximum Gasteiger partial charge on any atom is 0.286 e. The number of nitrogens with two attached hydrogens (primary N) is 1. The first-order valence-corrected chi connectivity index (χ1v) is 8.46. The van der Waals surface area contributed by atoms with Gasteiger partial charge in [-0.15, -0.1) is 0 Å². The fourth-order valence-corrected chi connectivity index (χ4v) is 3.84. The molecule has 1 atom stereocenters. The molecule has 0 aliphatic carbocycles. The molecule has 1 aromatic heterocycles. The Balaban J connectivity index is 1.72. The fourth-order valence-electron chi connectivity index (χ4n) is 3.00. The molecule has 1 aliphatic rings. The third-order valence-corrected chi connectivity index (χ3v) is 5.15. The lowest BCUT2D eigenvalue weighted by atomic mass is 10.0. The van der Waals surface area contributed by atoms with E-state index in [0.717, 1.165) is 39.6 Å². The van der Waals surface area contributed by atoms with Gasteiger partial charge in [0.1, 0.15) is 0 Å². The number of nitrogens with one attached hydrogen (secondary N) is 1. The van der Waals surface area contributed by atoms with Gasteiger partial charge >= 0.3 is 0 Å². The van der Waals surface area contributed by atoms with Crippen molar-refractivity contribution >= 4 is 39.5 Å². The number of carbonyl (C=O) groups is 2. The minimum Gasteiger partial charge on any atom is -0.399 e. The Morgan fingerprint density at radius 1 is 1.08 bits per heavy atom. The van der Waals surface area contributed by atoms with E-state index in [4.69, 9.17) is 5.73 Å². The standard InChI is InChI=1S/C18H15N3O2S/c19-12-4-6-13(7-5-12)21-9-8-14-11(2-1-3-15(14)21)10-16-17(22)20-18(23)24-16/h1-9,16H,10,19H2,(H,20,22,23). The second kappa shape index (κ2) is 5.72. The number of hydrogen-bond acceptors (Lipinski definition) is 4. The number of hydrogen-bond donors (Lipinski definition) is 2. The number of amides is 2. The predicted octanol–water partition coefficient (Wildman–Crippen LogP) is 3.11.